The molecule has 0 bridgehead atoms. The lowest BCUT2D eigenvalue weighted by Gasteiger charge is -1.99. The van der Waals surface area contributed by atoms with Crippen LogP contribution >= 0.6 is 15.9 Å². The molecule has 0 aliphatic rings. The SMILES string of the molecule is NCc1cnc2ccc(Br)cc2n1. The molecule has 0 atom stereocenters. The lowest BCUT2D eigenvalue weighted by molar-refractivity contribution is 0.987. The zero-order valence-electron chi connectivity index (χ0n) is 6.87. The van der Waals surface area contributed by atoms with Crippen molar-refractivity contribution in [2.45, 2.75) is 6.54 Å². The predicted molar refractivity (Wildman–Crippen MR) is 55.1 cm³/mol. The van der Waals surface area contributed by atoms with Gasteiger partial charge in [0.05, 0.1) is 22.9 Å². The van der Waals surface area contributed by atoms with Crippen LogP contribution in [0.1, 0.15) is 5.69 Å². The van der Waals surface area contributed by atoms with E-state index in [0.29, 0.717) is 6.54 Å². The van der Waals surface area contributed by atoms with E-state index in [9.17, 15) is 0 Å². The second-order valence-electron chi connectivity index (χ2n) is 2.70. The van der Waals surface area contributed by atoms with Crippen molar-refractivity contribution in [3.63, 3.8) is 0 Å². The molecular formula is C9H8BrN3. The van der Waals surface area contributed by atoms with Gasteiger partial charge in [-0.15, -0.1) is 0 Å². The lowest BCUT2D eigenvalue weighted by atomic mass is 10.3. The molecule has 0 saturated heterocycles. The van der Waals surface area contributed by atoms with Crippen molar-refractivity contribution in [2.24, 2.45) is 5.73 Å². The quantitative estimate of drug-likeness (QED) is 0.824. The van der Waals surface area contributed by atoms with Gasteiger partial charge in [0.1, 0.15) is 0 Å². The van der Waals surface area contributed by atoms with Crippen LogP contribution in [0.5, 0.6) is 0 Å². The summed E-state index contributed by atoms with van der Waals surface area (Å²) in [6, 6.07) is 5.80. The molecule has 0 spiro atoms. The highest BCUT2D eigenvalue weighted by atomic mass is 79.9. The van der Waals surface area contributed by atoms with E-state index in [1.54, 1.807) is 6.20 Å². The molecular weight excluding hydrogens is 230 g/mol. The number of nitrogens with two attached hydrogens (primary N) is 1. The molecule has 0 aliphatic heterocycles. The Morgan fingerprint density at radius 1 is 1.31 bits per heavy atom. The van der Waals surface area contributed by atoms with Crippen molar-refractivity contribution in [1.29, 1.82) is 0 Å². The van der Waals surface area contributed by atoms with Crippen molar-refractivity contribution < 1.29 is 0 Å². The number of rotatable bonds is 1. The van der Waals surface area contributed by atoms with Crippen LogP contribution in [0.4, 0.5) is 0 Å². The molecule has 0 fully saturated rings. The van der Waals surface area contributed by atoms with E-state index in [-0.39, 0.29) is 0 Å². The fraction of sp³-hybridized carbons (Fsp3) is 0.111. The number of nitrogens with zero attached hydrogens (tertiary/aromatic N) is 2. The van der Waals surface area contributed by atoms with Crippen molar-refractivity contribution in [1.82, 2.24) is 9.97 Å². The summed E-state index contributed by atoms with van der Waals surface area (Å²) in [6.45, 7) is 0.426. The van der Waals surface area contributed by atoms with E-state index in [1.165, 1.54) is 0 Å². The molecule has 3 nitrogen and oxygen atoms in total. The molecule has 0 radical (unpaired) electrons. The van der Waals surface area contributed by atoms with Crippen molar-refractivity contribution >= 4 is 27.0 Å². The van der Waals surface area contributed by atoms with Crippen LogP contribution in [0, 0.1) is 0 Å². The van der Waals surface area contributed by atoms with Crippen molar-refractivity contribution in [3.05, 3.63) is 34.6 Å². The fourth-order valence-electron chi connectivity index (χ4n) is 1.12. The van der Waals surface area contributed by atoms with Crippen molar-refractivity contribution in [2.75, 3.05) is 0 Å². The highest BCUT2D eigenvalue weighted by molar-refractivity contribution is 9.10. The summed E-state index contributed by atoms with van der Waals surface area (Å²) >= 11 is 3.38. The zero-order valence-corrected chi connectivity index (χ0v) is 8.45. The molecule has 0 aliphatic carbocycles. The Morgan fingerprint density at radius 3 is 2.92 bits per heavy atom. The number of benzene rings is 1. The third-order valence-electron chi connectivity index (χ3n) is 1.76. The minimum atomic E-state index is 0.426. The van der Waals surface area contributed by atoms with Gasteiger partial charge in [-0.1, -0.05) is 15.9 Å². The van der Waals surface area contributed by atoms with Gasteiger partial charge in [0.15, 0.2) is 0 Å². The molecule has 0 amide bonds. The second-order valence-corrected chi connectivity index (χ2v) is 3.61. The van der Waals surface area contributed by atoms with E-state index in [2.05, 4.69) is 25.9 Å². The topological polar surface area (TPSA) is 51.8 Å². The summed E-state index contributed by atoms with van der Waals surface area (Å²) in [5.41, 5.74) is 8.04. The molecule has 2 aromatic rings. The van der Waals surface area contributed by atoms with E-state index >= 15 is 0 Å². The summed E-state index contributed by atoms with van der Waals surface area (Å²) in [6.07, 6.45) is 1.70. The van der Waals surface area contributed by atoms with Gasteiger partial charge in [-0.2, -0.15) is 0 Å². The zero-order chi connectivity index (χ0) is 9.26. The molecule has 1 aromatic carbocycles. The first-order chi connectivity index (χ1) is 6.29. The number of hydrogen-bond donors (Lipinski definition) is 1. The van der Waals surface area contributed by atoms with Crippen LogP contribution in [0.15, 0.2) is 28.9 Å². The second kappa shape index (κ2) is 3.40. The summed E-state index contributed by atoms with van der Waals surface area (Å²) in [4.78, 5) is 8.57. The van der Waals surface area contributed by atoms with Crippen LogP contribution in [-0.2, 0) is 6.54 Å². The van der Waals surface area contributed by atoms with Gasteiger partial charge in [-0.3, -0.25) is 4.98 Å². The predicted octanol–water partition coefficient (Wildman–Crippen LogP) is 1.85. The third kappa shape index (κ3) is 1.68. The Bertz CT molecular complexity index is 442. The van der Waals surface area contributed by atoms with E-state index in [0.717, 1.165) is 21.2 Å². The van der Waals surface area contributed by atoms with E-state index in [4.69, 9.17) is 5.73 Å². The monoisotopic (exact) mass is 237 g/mol. The largest absolute Gasteiger partial charge is 0.325 e. The highest BCUT2D eigenvalue weighted by Gasteiger charge is 1.98. The average Bonchev–Trinajstić information content (AvgIpc) is 2.16. The van der Waals surface area contributed by atoms with Gasteiger partial charge in [0, 0.05) is 11.0 Å². The van der Waals surface area contributed by atoms with Crippen molar-refractivity contribution in [3.8, 4) is 0 Å². The van der Waals surface area contributed by atoms with E-state index < -0.39 is 0 Å². The van der Waals surface area contributed by atoms with Crippen LogP contribution in [0.2, 0.25) is 0 Å². The van der Waals surface area contributed by atoms with Gasteiger partial charge in [-0.25, -0.2) is 4.98 Å². The number of fused-ring (bicyclic) bond motifs is 1. The molecule has 66 valence electrons. The summed E-state index contributed by atoms with van der Waals surface area (Å²) in [7, 11) is 0. The molecule has 13 heavy (non-hydrogen) atoms. The third-order valence-corrected chi connectivity index (χ3v) is 2.26. The molecule has 2 rings (SSSR count). The van der Waals surface area contributed by atoms with Gasteiger partial charge in [0.25, 0.3) is 0 Å². The first kappa shape index (κ1) is 8.59. The normalized spacial score (nSPS) is 10.6. The molecule has 0 unspecified atom stereocenters. The van der Waals surface area contributed by atoms with Crippen LogP contribution in [-0.4, -0.2) is 9.97 Å². The maximum Gasteiger partial charge on any atom is 0.0901 e. The smallest absolute Gasteiger partial charge is 0.0901 e. The Morgan fingerprint density at radius 2 is 2.15 bits per heavy atom. The number of halogens is 1. The van der Waals surface area contributed by atoms with Gasteiger partial charge < -0.3 is 5.73 Å². The Hall–Kier alpha value is -1.00. The van der Waals surface area contributed by atoms with Crippen LogP contribution in [0.3, 0.4) is 0 Å². The highest BCUT2D eigenvalue weighted by Crippen LogP contribution is 2.16. The fourth-order valence-corrected chi connectivity index (χ4v) is 1.47. The van der Waals surface area contributed by atoms with Crippen LogP contribution < -0.4 is 5.73 Å². The lowest BCUT2D eigenvalue weighted by Crippen LogP contribution is -2.00. The molecule has 2 N–H and O–H groups in total. The molecule has 1 aromatic heterocycles. The maximum absolute atomic E-state index is 5.46. The number of aromatic nitrogens is 2. The first-order valence-electron chi connectivity index (χ1n) is 3.91. The number of hydrogen-bond acceptors (Lipinski definition) is 3. The Labute approximate surface area is 84.1 Å². The standard InChI is InChI=1S/C9H8BrN3/c10-6-1-2-8-9(3-6)13-7(4-11)5-12-8/h1-3,5H,4,11H2. The first-order valence-corrected chi connectivity index (χ1v) is 4.70. The molecule has 0 saturated carbocycles. The minimum absolute atomic E-state index is 0.426. The van der Waals surface area contributed by atoms with Gasteiger partial charge in [-0.05, 0) is 18.2 Å². The molecule has 4 heteroatoms. The van der Waals surface area contributed by atoms with Crippen LogP contribution in [0.25, 0.3) is 11.0 Å². The maximum atomic E-state index is 5.46. The Balaban J connectivity index is 2.68. The summed E-state index contributed by atoms with van der Waals surface area (Å²) in [5.74, 6) is 0. The van der Waals surface area contributed by atoms with E-state index in [1.807, 2.05) is 18.2 Å². The van der Waals surface area contributed by atoms with Gasteiger partial charge >= 0.3 is 0 Å². The Kier molecular flexibility index (Phi) is 2.24. The summed E-state index contributed by atoms with van der Waals surface area (Å²) in [5, 5.41) is 0. The molecule has 1 heterocycles. The summed E-state index contributed by atoms with van der Waals surface area (Å²) < 4.78 is 1.00. The average molecular weight is 238 g/mol. The minimum Gasteiger partial charge on any atom is -0.325 e. The van der Waals surface area contributed by atoms with Gasteiger partial charge in [0.2, 0.25) is 0 Å².